The van der Waals surface area contributed by atoms with E-state index >= 15 is 0 Å². The number of unbranched alkanes of at least 4 members (excludes halogenated alkanes) is 1. The summed E-state index contributed by atoms with van der Waals surface area (Å²) in [4.78, 5) is 0.519. The highest BCUT2D eigenvalue weighted by Gasteiger charge is 2.08. The fourth-order valence-electron chi connectivity index (χ4n) is 1.11. The molecule has 1 unspecified atom stereocenters. The molecular weight excluding hydrogens is 211 g/mol. The Bertz CT molecular complexity index is 368. The lowest BCUT2D eigenvalue weighted by Gasteiger charge is -2.00. The minimum Gasteiger partial charge on any atom is -0.247 e. The maximum absolute atomic E-state index is 13.3. The summed E-state index contributed by atoms with van der Waals surface area (Å²) in [5, 5.41) is -0.541. The average Bonchev–Trinajstić information content (AvgIpc) is 2.26. The molecular formula is C12H15FOS. The van der Waals surface area contributed by atoms with Crippen LogP contribution in [0.3, 0.4) is 0 Å². The van der Waals surface area contributed by atoms with Crippen molar-refractivity contribution in [3.8, 4) is 0 Å². The van der Waals surface area contributed by atoms with Gasteiger partial charge < -0.3 is 0 Å². The molecule has 1 aromatic carbocycles. The number of hydrogen-bond acceptors (Lipinski definition) is 1. The van der Waals surface area contributed by atoms with Crippen LogP contribution in [-0.2, 0) is 10.8 Å². The van der Waals surface area contributed by atoms with E-state index in [4.69, 9.17) is 0 Å². The molecule has 0 aliphatic rings. The van der Waals surface area contributed by atoms with Crippen LogP contribution < -0.4 is 0 Å². The highest BCUT2D eigenvalue weighted by molar-refractivity contribution is 7.88. The van der Waals surface area contributed by atoms with Gasteiger partial charge in [0.1, 0.15) is 10.8 Å². The van der Waals surface area contributed by atoms with Gasteiger partial charge in [-0.3, -0.25) is 0 Å². The molecule has 15 heavy (non-hydrogen) atoms. The van der Waals surface area contributed by atoms with Crippen molar-refractivity contribution in [1.82, 2.24) is 0 Å². The molecule has 1 aromatic rings. The van der Waals surface area contributed by atoms with Crippen LogP contribution in [0.1, 0.15) is 25.3 Å². The summed E-state index contributed by atoms with van der Waals surface area (Å²) in [6.07, 6.45) is 2.89. The van der Waals surface area contributed by atoms with Gasteiger partial charge >= 0.3 is 0 Å². The summed E-state index contributed by atoms with van der Waals surface area (Å²) in [7, 11) is -1.64. The lowest BCUT2D eigenvalue weighted by Crippen LogP contribution is -1.91. The highest BCUT2D eigenvalue weighted by Crippen LogP contribution is 2.16. The van der Waals surface area contributed by atoms with Gasteiger partial charge in [0, 0.05) is 4.90 Å². The third-order valence-electron chi connectivity index (χ3n) is 2.01. The van der Waals surface area contributed by atoms with E-state index in [0.717, 1.165) is 12.0 Å². The van der Waals surface area contributed by atoms with Gasteiger partial charge in [-0.25, -0.2) is 4.21 Å². The minimum absolute atomic E-state index is 0.519. The molecule has 0 fully saturated rings. The first-order valence-corrected chi connectivity index (χ1v) is 6.14. The Morgan fingerprint density at radius 2 is 2.00 bits per heavy atom. The van der Waals surface area contributed by atoms with Crippen LogP contribution in [0.25, 0.3) is 0 Å². The van der Waals surface area contributed by atoms with Crippen molar-refractivity contribution < 1.29 is 8.60 Å². The maximum atomic E-state index is 13.3. The highest BCUT2D eigenvalue weighted by atomic mass is 32.2. The van der Waals surface area contributed by atoms with Crippen LogP contribution >= 0.6 is 0 Å². The van der Waals surface area contributed by atoms with Gasteiger partial charge in [-0.05, 0) is 31.6 Å². The molecule has 1 rings (SSSR count). The standard InChI is InChI=1S/C12H15FOS/c1-3-4-5-12(13)15(14)11-8-6-10(2)7-9-11/h5-9H,3-4H2,1-2H3/b12-5+. The molecule has 0 saturated heterocycles. The quantitative estimate of drug-likeness (QED) is 0.764. The van der Waals surface area contributed by atoms with E-state index in [1.54, 1.807) is 12.1 Å². The fourth-order valence-corrected chi connectivity index (χ4v) is 1.99. The zero-order valence-corrected chi connectivity index (χ0v) is 9.81. The Kier molecular flexibility index (Phi) is 4.69. The molecule has 0 aliphatic heterocycles. The van der Waals surface area contributed by atoms with Crippen LogP contribution in [0.5, 0.6) is 0 Å². The summed E-state index contributed by atoms with van der Waals surface area (Å²) in [5.74, 6) is 0. The second-order valence-corrected chi connectivity index (χ2v) is 4.78. The summed E-state index contributed by atoms with van der Waals surface area (Å²) in [6, 6.07) is 7.07. The molecule has 0 saturated carbocycles. The summed E-state index contributed by atoms with van der Waals surface area (Å²) in [5.41, 5.74) is 1.08. The molecule has 82 valence electrons. The maximum Gasteiger partial charge on any atom is 0.187 e. The first-order chi connectivity index (χ1) is 7.15. The molecule has 0 radical (unpaired) electrons. The molecule has 0 aliphatic carbocycles. The predicted octanol–water partition coefficient (Wildman–Crippen LogP) is 3.71. The molecule has 0 heterocycles. The van der Waals surface area contributed by atoms with Gasteiger partial charge in [0.25, 0.3) is 0 Å². The van der Waals surface area contributed by atoms with E-state index in [2.05, 4.69) is 0 Å². The smallest absolute Gasteiger partial charge is 0.187 e. The van der Waals surface area contributed by atoms with Crippen LogP contribution in [0.4, 0.5) is 4.39 Å². The van der Waals surface area contributed by atoms with E-state index in [1.165, 1.54) is 6.08 Å². The largest absolute Gasteiger partial charge is 0.247 e. The van der Waals surface area contributed by atoms with E-state index in [1.807, 2.05) is 26.0 Å². The second-order valence-electron chi connectivity index (χ2n) is 3.38. The SMILES string of the molecule is CCC/C=C(\F)S(=O)c1ccc(C)cc1. The Morgan fingerprint density at radius 3 is 2.53 bits per heavy atom. The molecule has 0 amide bonds. The van der Waals surface area contributed by atoms with Gasteiger partial charge in [-0.15, -0.1) is 0 Å². The Labute approximate surface area is 92.5 Å². The van der Waals surface area contributed by atoms with Crippen LogP contribution in [0.15, 0.2) is 40.4 Å². The van der Waals surface area contributed by atoms with Crippen molar-refractivity contribution >= 4 is 10.8 Å². The molecule has 0 bridgehead atoms. The lowest BCUT2D eigenvalue weighted by atomic mass is 10.2. The molecule has 1 atom stereocenters. The average molecular weight is 226 g/mol. The van der Waals surface area contributed by atoms with Crippen LogP contribution in [0.2, 0.25) is 0 Å². The van der Waals surface area contributed by atoms with Crippen molar-refractivity contribution in [3.05, 3.63) is 41.1 Å². The number of halogens is 1. The van der Waals surface area contributed by atoms with Crippen molar-refractivity contribution in [2.24, 2.45) is 0 Å². The topological polar surface area (TPSA) is 17.1 Å². The molecule has 1 nitrogen and oxygen atoms in total. The Hall–Kier alpha value is -0.960. The molecule has 0 N–H and O–H groups in total. The predicted molar refractivity (Wildman–Crippen MR) is 61.7 cm³/mol. The monoisotopic (exact) mass is 226 g/mol. The summed E-state index contributed by atoms with van der Waals surface area (Å²) in [6.45, 7) is 3.90. The zero-order chi connectivity index (χ0) is 11.3. The Balaban J connectivity index is 2.80. The van der Waals surface area contributed by atoms with Gasteiger partial charge in [0.05, 0.1) is 0 Å². The van der Waals surface area contributed by atoms with Crippen molar-refractivity contribution in [1.29, 1.82) is 0 Å². The van der Waals surface area contributed by atoms with Crippen molar-refractivity contribution in [3.63, 3.8) is 0 Å². The van der Waals surface area contributed by atoms with Gasteiger partial charge in [0.15, 0.2) is 5.16 Å². The first-order valence-electron chi connectivity index (χ1n) is 4.99. The van der Waals surface area contributed by atoms with Crippen molar-refractivity contribution in [2.75, 3.05) is 0 Å². The lowest BCUT2D eigenvalue weighted by molar-refractivity contribution is 0.646. The summed E-state index contributed by atoms with van der Waals surface area (Å²) < 4.78 is 25.0. The fraction of sp³-hybridized carbons (Fsp3) is 0.333. The third-order valence-corrected chi connectivity index (χ3v) is 3.23. The van der Waals surface area contributed by atoms with E-state index in [-0.39, 0.29) is 0 Å². The van der Waals surface area contributed by atoms with E-state index in [0.29, 0.717) is 11.3 Å². The van der Waals surface area contributed by atoms with Gasteiger partial charge in [-0.1, -0.05) is 31.0 Å². The van der Waals surface area contributed by atoms with Gasteiger partial charge in [0.2, 0.25) is 0 Å². The minimum atomic E-state index is -1.64. The number of aryl methyl sites for hydroxylation is 1. The van der Waals surface area contributed by atoms with Crippen LogP contribution in [0, 0.1) is 6.92 Å². The molecule has 3 heteroatoms. The molecule has 0 aromatic heterocycles. The van der Waals surface area contributed by atoms with E-state index < -0.39 is 16.0 Å². The molecule has 0 spiro atoms. The number of allylic oxidation sites excluding steroid dienone is 1. The first kappa shape index (κ1) is 12.1. The number of benzene rings is 1. The normalized spacial score (nSPS) is 13.9. The summed E-state index contributed by atoms with van der Waals surface area (Å²) >= 11 is 0. The third kappa shape index (κ3) is 3.59. The van der Waals surface area contributed by atoms with Crippen molar-refractivity contribution in [2.45, 2.75) is 31.6 Å². The number of rotatable bonds is 4. The zero-order valence-electron chi connectivity index (χ0n) is 9.00. The Morgan fingerprint density at radius 1 is 1.40 bits per heavy atom. The van der Waals surface area contributed by atoms with Crippen LogP contribution in [-0.4, -0.2) is 4.21 Å². The van der Waals surface area contributed by atoms with E-state index in [9.17, 15) is 8.60 Å². The van der Waals surface area contributed by atoms with Gasteiger partial charge in [-0.2, -0.15) is 4.39 Å². The second kappa shape index (κ2) is 5.81. The number of hydrogen-bond donors (Lipinski definition) is 0.